The van der Waals surface area contributed by atoms with Crippen LogP contribution in [0.5, 0.6) is 0 Å². The molecule has 6 heteroatoms. The van der Waals surface area contributed by atoms with Gasteiger partial charge in [0, 0.05) is 19.3 Å². The molecule has 0 aromatic rings. The third-order valence-electron chi connectivity index (χ3n) is 8.58. The topological polar surface area (TPSA) is 78.9 Å². The smallest absolute Gasteiger partial charge is 0.306 e. The number of carbonyl (C=O) groups excluding carboxylic acids is 3. The van der Waals surface area contributed by atoms with Gasteiger partial charge in [-0.2, -0.15) is 0 Å². The third kappa shape index (κ3) is 46.1. The summed E-state index contributed by atoms with van der Waals surface area (Å²) in [6.07, 6.45) is 36.7. The highest BCUT2D eigenvalue weighted by Crippen LogP contribution is 2.13. The lowest BCUT2D eigenvalue weighted by Crippen LogP contribution is -2.11. The van der Waals surface area contributed by atoms with Crippen LogP contribution in [0.1, 0.15) is 228 Å². The highest BCUT2D eigenvalue weighted by Gasteiger charge is 2.06. The quantitative estimate of drug-likeness (QED) is 0.0286. The van der Waals surface area contributed by atoms with Crippen molar-refractivity contribution in [3.63, 3.8) is 0 Å². The van der Waals surface area contributed by atoms with E-state index in [2.05, 4.69) is 32.9 Å². The molecule has 0 saturated carbocycles. The molecule has 0 aliphatic rings. The molecule has 0 radical (unpaired) electrons. The summed E-state index contributed by atoms with van der Waals surface area (Å²) >= 11 is 0. The van der Waals surface area contributed by atoms with Crippen LogP contribution in [0, 0.1) is 5.92 Å². The van der Waals surface area contributed by atoms with E-state index < -0.39 is 0 Å². The first-order chi connectivity index (χ1) is 24.1. The maximum atomic E-state index is 11.8. The molecule has 6 nitrogen and oxygen atoms in total. The summed E-state index contributed by atoms with van der Waals surface area (Å²) in [5.41, 5.74) is 0. The summed E-state index contributed by atoms with van der Waals surface area (Å²) in [5, 5.41) is 0. The van der Waals surface area contributed by atoms with Gasteiger partial charge in [-0.3, -0.25) is 14.4 Å². The van der Waals surface area contributed by atoms with Gasteiger partial charge in [0.05, 0.1) is 18.8 Å². The SMILES string of the molecule is CC(C)OC(=O)CCCCCCCCC(=O)OC(C)C.CCCCCCCCC=CCCCCCCCC(=O)OCCCCCCCC(C)C. The molecule has 0 rings (SSSR count). The molecule has 0 aromatic heterocycles. The lowest BCUT2D eigenvalue weighted by Gasteiger charge is -2.08. The standard InChI is InChI=1S/C28H54O2.C16H30O4/c1-4-5-6-7-8-9-10-11-12-13-14-15-16-19-22-25-28(29)30-26-23-20-17-18-21-24-27(2)3;1-13(2)19-15(17)11-9-7-5-6-8-10-12-16(18)20-14(3)4/h11-12,27H,4-10,13-26H2,1-3H3;13-14H,5-12H2,1-4H3. The number of unbranched alkanes of at least 4 members (excludes halogenated alkanes) is 20. The molecule has 296 valence electrons. The van der Waals surface area contributed by atoms with E-state index in [9.17, 15) is 14.4 Å². The van der Waals surface area contributed by atoms with Crippen LogP contribution in [-0.2, 0) is 28.6 Å². The Labute approximate surface area is 311 Å². The Kier molecular flexibility index (Phi) is 40.1. The van der Waals surface area contributed by atoms with Crippen LogP contribution in [0.2, 0.25) is 0 Å². The van der Waals surface area contributed by atoms with Gasteiger partial charge in [-0.15, -0.1) is 0 Å². The Balaban J connectivity index is 0. The number of rotatable bonds is 34. The molecule has 0 fully saturated rings. The second-order valence-corrected chi connectivity index (χ2v) is 15.2. The van der Waals surface area contributed by atoms with Crippen molar-refractivity contribution in [2.45, 2.75) is 240 Å². The van der Waals surface area contributed by atoms with E-state index in [-0.39, 0.29) is 30.1 Å². The van der Waals surface area contributed by atoms with Crippen molar-refractivity contribution in [2.24, 2.45) is 5.92 Å². The molecule has 0 heterocycles. The van der Waals surface area contributed by atoms with Crippen molar-refractivity contribution < 1.29 is 28.6 Å². The van der Waals surface area contributed by atoms with Crippen LogP contribution in [0.3, 0.4) is 0 Å². The van der Waals surface area contributed by atoms with Gasteiger partial charge in [0.2, 0.25) is 0 Å². The monoisotopic (exact) mass is 709 g/mol. The van der Waals surface area contributed by atoms with Gasteiger partial charge in [-0.25, -0.2) is 0 Å². The van der Waals surface area contributed by atoms with Crippen LogP contribution < -0.4 is 0 Å². The van der Waals surface area contributed by atoms with Gasteiger partial charge in [-0.1, -0.05) is 142 Å². The minimum absolute atomic E-state index is 0.00688. The zero-order valence-electron chi connectivity index (χ0n) is 34.3. The first kappa shape index (κ1) is 50.3. The fraction of sp³-hybridized carbons (Fsp3) is 0.886. The summed E-state index contributed by atoms with van der Waals surface area (Å²) in [4.78, 5) is 34.3. The predicted octanol–water partition coefficient (Wildman–Crippen LogP) is 13.6. The fourth-order valence-electron chi connectivity index (χ4n) is 5.67. The van der Waals surface area contributed by atoms with Crippen molar-refractivity contribution in [1.82, 2.24) is 0 Å². The van der Waals surface area contributed by atoms with Crippen molar-refractivity contribution in [3.8, 4) is 0 Å². The van der Waals surface area contributed by atoms with Gasteiger partial charge < -0.3 is 14.2 Å². The summed E-state index contributed by atoms with van der Waals surface area (Å²) < 4.78 is 15.5. The lowest BCUT2D eigenvalue weighted by molar-refractivity contribution is -0.148. The molecule has 0 unspecified atom stereocenters. The van der Waals surface area contributed by atoms with Crippen molar-refractivity contribution >= 4 is 17.9 Å². The van der Waals surface area contributed by atoms with E-state index in [1.807, 2.05) is 27.7 Å². The molecule has 0 amide bonds. The van der Waals surface area contributed by atoms with Gasteiger partial charge in [-0.05, 0) is 85.0 Å². The number of allylic oxidation sites excluding steroid dienone is 2. The van der Waals surface area contributed by atoms with Gasteiger partial charge in [0.1, 0.15) is 0 Å². The van der Waals surface area contributed by atoms with E-state index in [0.29, 0.717) is 25.9 Å². The van der Waals surface area contributed by atoms with Crippen molar-refractivity contribution in [2.75, 3.05) is 6.61 Å². The van der Waals surface area contributed by atoms with Gasteiger partial charge in [0.15, 0.2) is 0 Å². The normalized spacial score (nSPS) is 11.3. The van der Waals surface area contributed by atoms with Gasteiger partial charge in [0.25, 0.3) is 0 Å². The second kappa shape index (κ2) is 39.9. The van der Waals surface area contributed by atoms with Crippen LogP contribution in [0.15, 0.2) is 12.2 Å². The Morgan fingerprint density at radius 3 is 1.22 bits per heavy atom. The average Bonchev–Trinajstić information content (AvgIpc) is 3.04. The molecular formula is C44H84O6. The number of ether oxygens (including phenoxy) is 3. The Morgan fingerprint density at radius 2 is 0.800 bits per heavy atom. The first-order valence-corrected chi connectivity index (χ1v) is 21.3. The van der Waals surface area contributed by atoms with Crippen LogP contribution in [0.25, 0.3) is 0 Å². The van der Waals surface area contributed by atoms with E-state index in [0.717, 1.165) is 63.7 Å². The molecule has 0 aliphatic heterocycles. The summed E-state index contributed by atoms with van der Waals surface area (Å²) in [7, 11) is 0. The molecular weight excluding hydrogens is 624 g/mol. The van der Waals surface area contributed by atoms with Crippen molar-refractivity contribution in [1.29, 1.82) is 0 Å². The number of hydrogen-bond donors (Lipinski definition) is 0. The lowest BCUT2D eigenvalue weighted by atomic mass is 10.0. The minimum atomic E-state index is -0.101. The molecule has 0 N–H and O–H groups in total. The average molecular weight is 709 g/mol. The van der Waals surface area contributed by atoms with Crippen LogP contribution >= 0.6 is 0 Å². The third-order valence-corrected chi connectivity index (χ3v) is 8.58. The number of hydrogen-bond acceptors (Lipinski definition) is 6. The molecule has 0 saturated heterocycles. The van der Waals surface area contributed by atoms with E-state index in [1.54, 1.807) is 0 Å². The second-order valence-electron chi connectivity index (χ2n) is 15.2. The summed E-state index contributed by atoms with van der Waals surface area (Å²) in [6, 6.07) is 0. The zero-order chi connectivity index (χ0) is 37.5. The van der Waals surface area contributed by atoms with Gasteiger partial charge >= 0.3 is 17.9 Å². The Hall–Kier alpha value is -1.85. The summed E-state index contributed by atoms with van der Waals surface area (Å²) in [5.74, 6) is 0.628. The predicted molar refractivity (Wildman–Crippen MR) is 212 cm³/mol. The molecule has 0 spiro atoms. The first-order valence-electron chi connectivity index (χ1n) is 21.3. The molecule has 0 bridgehead atoms. The van der Waals surface area contributed by atoms with E-state index in [4.69, 9.17) is 14.2 Å². The maximum absolute atomic E-state index is 11.8. The summed E-state index contributed by atoms with van der Waals surface area (Å²) in [6.45, 7) is 14.9. The maximum Gasteiger partial charge on any atom is 0.306 e. The Morgan fingerprint density at radius 1 is 0.440 bits per heavy atom. The molecule has 0 aromatic carbocycles. The van der Waals surface area contributed by atoms with E-state index >= 15 is 0 Å². The number of esters is 3. The molecule has 0 aliphatic carbocycles. The van der Waals surface area contributed by atoms with Crippen LogP contribution in [-0.4, -0.2) is 36.7 Å². The molecule has 0 atom stereocenters. The fourth-order valence-corrected chi connectivity index (χ4v) is 5.67. The Bertz CT molecular complexity index is 744. The minimum Gasteiger partial charge on any atom is -0.466 e. The highest BCUT2D eigenvalue weighted by molar-refractivity contribution is 5.70. The van der Waals surface area contributed by atoms with Crippen molar-refractivity contribution in [3.05, 3.63) is 12.2 Å². The number of carbonyl (C=O) groups is 3. The zero-order valence-corrected chi connectivity index (χ0v) is 34.3. The largest absolute Gasteiger partial charge is 0.466 e. The highest BCUT2D eigenvalue weighted by atomic mass is 16.5. The van der Waals surface area contributed by atoms with Crippen LogP contribution in [0.4, 0.5) is 0 Å². The molecule has 50 heavy (non-hydrogen) atoms. The van der Waals surface area contributed by atoms with E-state index in [1.165, 1.54) is 103 Å².